The first-order valence-corrected chi connectivity index (χ1v) is 8.81. The van der Waals surface area contributed by atoms with Gasteiger partial charge in [-0.2, -0.15) is 13.2 Å². The Balaban J connectivity index is 1.92. The maximum Gasteiger partial charge on any atom is 0.416 e. The van der Waals surface area contributed by atoms with Crippen molar-refractivity contribution >= 4 is 34.5 Å². The summed E-state index contributed by atoms with van der Waals surface area (Å²) in [6.07, 6.45) is -1.27. The number of carbonyl (C=O) groups is 1. The summed E-state index contributed by atoms with van der Waals surface area (Å²) in [6, 6.07) is 6.74. The summed E-state index contributed by atoms with van der Waals surface area (Å²) >= 11 is 7.48. The number of benzene rings is 1. The number of alkyl halides is 3. The second kappa shape index (κ2) is 6.41. The van der Waals surface area contributed by atoms with Gasteiger partial charge < -0.3 is 5.32 Å². The van der Waals surface area contributed by atoms with E-state index in [1.54, 1.807) is 0 Å². The molecule has 0 spiro atoms. The van der Waals surface area contributed by atoms with Crippen LogP contribution >= 0.6 is 22.9 Å². The average Bonchev–Trinajstić information content (AvgIpc) is 3.19. The van der Waals surface area contributed by atoms with E-state index in [-0.39, 0.29) is 16.6 Å². The van der Waals surface area contributed by atoms with E-state index in [1.165, 1.54) is 11.3 Å². The molecule has 1 N–H and O–H groups in total. The van der Waals surface area contributed by atoms with Gasteiger partial charge in [0.05, 0.1) is 21.7 Å². The van der Waals surface area contributed by atoms with Crippen molar-refractivity contribution in [2.75, 3.05) is 5.32 Å². The Bertz CT molecular complexity index is 737. The summed E-state index contributed by atoms with van der Waals surface area (Å²) in [5.41, 5.74) is -1.51. The van der Waals surface area contributed by atoms with Crippen LogP contribution in [0.1, 0.15) is 36.1 Å². The Morgan fingerprint density at radius 2 is 1.92 bits per heavy atom. The third-order valence-corrected chi connectivity index (χ3v) is 5.83. The highest BCUT2D eigenvalue weighted by Crippen LogP contribution is 2.44. The standard InChI is InChI=1S/C17H15ClF3NOS/c18-12-6-5-11(17(19,20)21)10-13(12)22-15(23)16(7-1-2-8-16)14-4-3-9-24-14/h3-6,9-10H,1-2,7-8H2,(H,22,23). The quantitative estimate of drug-likeness (QED) is 0.716. The largest absolute Gasteiger partial charge is 0.416 e. The van der Waals surface area contributed by atoms with E-state index >= 15 is 0 Å². The molecule has 0 unspecified atom stereocenters. The topological polar surface area (TPSA) is 29.1 Å². The second-order valence-corrected chi connectivity index (χ2v) is 7.27. The highest BCUT2D eigenvalue weighted by atomic mass is 35.5. The summed E-state index contributed by atoms with van der Waals surface area (Å²) in [7, 11) is 0. The molecular weight excluding hydrogens is 359 g/mol. The van der Waals surface area contributed by atoms with Gasteiger partial charge in [-0.15, -0.1) is 11.3 Å². The van der Waals surface area contributed by atoms with Crippen molar-refractivity contribution in [2.24, 2.45) is 0 Å². The fourth-order valence-electron chi connectivity index (χ4n) is 3.15. The highest BCUT2D eigenvalue weighted by molar-refractivity contribution is 7.10. The molecule has 0 aliphatic heterocycles. The fraction of sp³-hybridized carbons (Fsp3) is 0.353. The summed E-state index contributed by atoms with van der Waals surface area (Å²) in [6.45, 7) is 0. The fourth-order valence-corrected chi connectivity index (χ4v) is 4.30. The van der Waals surface area contributed by atoms with Gasteiger partial charge in [0.2, 0.25) is 5.91 Å². The average molecular weight is 374 g/mol. The molecule has 1 amide bonds. The van der Waals surface area contributed by atoms with E-state index in [9.17, 15) is 18.0 Å². The molecule has 1 aliphatic rings. The molecule has 0 radical (unpaired) electrons. The van der Waals surface area contributed by atoms with Crippen LogP contribution in [-0.4, -0.2) is 5.91 Å². The van der Waals surface area contributed by atoms with Crippen LogP contribution in [0.15, 0.2) is 35.7 Å². The van der Waals surface area contributed by atoms with E-state index < -0.39 is 17.2 Å². The summed E-state index contributed by atoms with van der Waals surface area (Å²) in [5.74, 6) is -0.288. The van der Waals surface area contributed by atoms with Crippen LogP contribution in [0.4, 0.5) is 18.9 Å². The Kier molecular flexibility index (Phi) is 4.62. The Morgan fingerprint density at radius 1 is 1.21 bits per heavy atom. The molecule has 2 aromatic rings. The summed E-state index contributed by atoms with van der Waals surface area (Å²) < 4.78 is 38.6. The minimum absolute atomic E-state index is 0.000627. The van der Waals surface area contributed by atoms with Crippen LogP contribution < -0.4 is 5.32 Å². The third-order valence-electron chi connectivity index (χ3n) is 4.43. The van der Waals surface area contributed by atoms with Crippen molar-refractivity contribution < 1.29 is 18.0 Å². The van der Waals surface area contributed by atoms with Gasteiger partial charge in [0.1, 0.15) is 0 Å². The number of amides is 1. The van der Waals surface area contributed by atoms with Gasteiger partial charge in [-0.05, 0) is 42.5 Å². The molecule has 3 rings (SSSR count). The Morgan fingerprint density at radius 3 is 2.50 bits per heavy atom. The third kappa shape index (κ3) is 3.17. The minimum atomic E-state index is -4.48. The lowest BCUT2D eigenvalue weighted by Gasteiger charge is -2.27. The summed E-state index contributed by atoms with van der Waals surface area (Å²) in [4.78, 5) is 13.8. The first-order valence-electron chi connectivity index (χ1n) is 7.55. The van der Waals surface area contributed by atoms with Crippen LogP contribution in [0.3, 0.4) is 0 Å². The van der Waals surface area contributed by atoms with Crippen LogP contribution in [-0.2, 0) is 16.4 Å². The predicted molar refractivity (Wildman–Crippen MR) is 89.5 cm³/mol. The highest BCUT2D eigenvalue weighted by Gasteiger charge is 2.43. The molecule has 1 aromatic carbocycles. The number of anilines is 1. The Hall–Kier alpha value is -1.53. The summed E-state index contributed by atoms with van der Waals surface area (Å²) in [5, 5.41) is 4.63. The van der Waals surface area contributed by atoms with Gasteiger partial charge in [0.25, 0.3) is 0 Å². The first-order chi connectivity index (χ1) is 11.3. The molecule has 0 atom stereocenters. The molecule has 1 heterocycles. The smallest absolute Gasteiger partial charge is 0.324 e. The zero-order valence-corrected chi connectivity index (χ0v) is 14.2. The lowest BCUT2D eigenvalue weighted by molar-refractivity contribution is -0.137. The molecule has 7 heteroatoms. The predicted octanol–water partition coefficient (Wildman–Crippen LogP) is 5.87. The van der Waals surface area contributed by atoms with Crippen molar-refractivity contribution in [1.82, 2.24) is 0 Å². The number of carbonyl (C=O) groups excluding carboxylic acids is 1. The Labute approximate surface area is 146 Å². The van der Waals surface area contributed by atoms with E-state index in [0.29, 0.717) is 12.8 Å². The van der Waals surface area contributed by atoms with Crippen LogP contribution in [0, 0.1) is 0 Å². The number of halogens is 4. The van der Waals surface area contributed by atoms with Crippen molar-refractivity contribution in [3.05, 3.63) is 51.2 Å². The van der Waals surface area contributed by atoms with Crippen LogP contribution in [0.2, 0.25) is 5.02 Å². The first kappa shape index (κ1) is 17.3. The molecule has 2 nitrogen and oxygen atoms in total. The maximum atomic E-state index is 12.9. The van der Waals surface area contributed by atoms with E-state index in [1.807, 2.05) is 17.5 Å². The van der Waals surface area contributed by atoms with Gasteiger partial charge in [-0.25, -0.2) is 0 Å². The number of hydrogen-bond donors (Lipinski definition) is 1. The SMILES string of the molecule is O=C(Nc1cc(C(F)(F)F)ccc1Cl)C1(c2cccs2)CCCC1. The number of rotatable bonds is 3. The minimum Gasteiger partial charge on any atom is -0.324 e. The lowest BCUT2D eigenvalue weighted by Crippen LogP contribution is -2.37. The van der Waals surface area contributed by atoms with Gasteiger partial charge in [0.15, 0.2) is 0 Å². The normalized spacial score (nSPS) is 17.0. The van der Waals surface area contributed by atoms with E-state index in [4.69, 9.17) is 11.6 Å². The van der Waals surface area contributed by atoms with Crippen molar-refractivity contribution in [2.45, 2.75) is 37.3 Å². The number of hydrogen-bond acceptors (Lipinski definition) is 2. The van der Waals surface area contributed by atoms with Gasteiger partial charge in [-0.3, -0.25) is 4.79 Å². The van der Waals surface area contributed by atoms with E-state index in [2.05, 4.69) is 5.32 Å². The van der Waals surface area contributed by atoms with Crippen molar-refractivity contribution in [3.63, 3.8) is 0 Å². The molecule has 1 aliphatic carbocycles. The molecule has 24 heavy (non-hydrogen) atoms. The van der Waals surface area contributed by atoms with Crippen molar-refractivity contribution in [3.8, 4) is 0 Å². The molecule has 0 bridgehead atoms. The van der Waals surface area contributed by atoms with Gasteiger partial charge >= 0.3 is 6.18 Å². The maximum absolute atomic E-state index is 12.9. The number of thiophene rings is 1. The van der Waals surface area contributed by atoms with Gasteiger partial charge in [-0.1, -0.05) is 30.5 Å². The molecule has 1 fully saturated rings. The molecule has 1 aromatic heterocycles. The van der Waals surface area contributed by atoms with Crippen LogP contribution in [0.25, 0.3) is 0 Å². The molecule has 0 saturated heterocycles. The molecular formula is C17H15ClF3NOS. The van der Waals surface area contributed by atoms with Crippen LogP contribution in [0.5, 0.6) is 0 Å². The zero-order valence-electron chi connectivity index (χ0n) is 12.6. The zero-order chi connectivity index (χ0) is 17.4. The lowest BCUT2D eigenvalue weighted by atomic mass is 9.83. The number of nitrogens with one attached hydrogen (secondary N) is 1. The molecule has 128 valence electrons. The van der Waals surface area contributed by atoms with Crippen molar-refractivity contribution in [1.29, 1.82) is 0 Å². The second-order valence-electron chi connectivity index (χ2n) is 5.91. The van der Waals surface area contributed by atoms with Gasteiger partial charge in [0, 0.05) is 4.88 Å². The van der Waals surface area contributed by atoms with E-state index in [0.717, 1.165) is 35.9 Å². The molecule has 1 saturated carbocycles. The monoisotopic (exact) mass is 373 g/mol.